The summed E-state index contributed by atoms with van der Waals surface area (Å²) < 4.78 is 0. The smallest absolute Gasteiger partial charge is 0.354 e. The third-order valence-electron chi connectivity index (χ3n) is 2.86. The molecule has 0 radical (unpaired) electrons. The standard InChI is InChI=1S/C15H17N3O2/c1-9(2)7-10-3-5-11(6-4-10)12-8-13(14(19)20)18-15(16)17-12/h3-6,8-9H,7H2,1-2H3,(H,19,20)(H2,16,17,18). The van der Waals surface area contributed by atoms with Crippen molar-refractivity contribution in [2.75, 3.05) is 5.73 Å². The summed E-state index contributed by atoms with van der Waals surface area (Å²) >= 11 is 0. The minimum atomic E-state index is -1.11. The van der Waals surface area contributed by atoms with Crippen LogP contribution in [0.25, 0.3) is 11.3 Å². The van der Waals surface area contributed by atoms with Gasteiger partial charge in [0, 0.05) is 5.56 Å². The molecule has 0 amide bonds. The van der Waals surface area contributed by atoms with Crippen molar-refractivity contribution in [2.24, 2.45) is 5.92 Å². The van der Waals surface area contributed by atoms with Crippen LogP contribution < -0.4 is 5.73 Å². The highest BCUT2D eigenvalue weighted by atomic mass is 16.4. The van der Waals surface area contributed by atoms with E-state index >= 15 is 0 Å². The van der Waals surface area contributed by atoms with Gasteiger partial charge >= 0.3 is 5.97 Å². The molecule has 104 valence electrons. The Kier molecular flexibility index (Phi) is 3.98. The first-order valence-corrected chi connectivity index (χ1v) is 6.43. The van der Waals surface area contributed by atoms with Gasteiger partial charge in [0.25, 0.3) is 0 Å². The Labute approximate surface area is 117 Å². The van der Waals surface area contributed by atoms with E-state index in [0.717, 1.165) is 12.0 Å². The molecule has 1 aromatic carbocycles. The zero-order valence-electron chi connectivity index (χ0n) is 11.5. The fraction of sp³-hybridized carbons (Fsp3) is 0.267. The number of aromatic nitrogens is 2. The lowest BCUT2D eigenvalue weighted by Gasteiger charge is -2.07. The van der Waals surface area contributed by atoms with Gasteiger partial charge in [-0.2, -0.15) is 0 Å². The summed E-state index contributed by atoms with van der Waals surface area (Å²) in [4.78, 5) is 18.7. The second-order valence-electron chi connectivity index (χ2n) is 5.10. The molecule has 5 heteroatoms. The molecule has 0 saturated heterocycles. The maximum atomic E-state index is 11.0. The molecule has 0 saturated carbocycles. The summed E-state index contributed by atoms with van der Waals surface area (Å²) in [5, 5.41) is 8.98. The van der Waals surface area contributed by atoms with Crippen LogP contribution >= 0.6 is 0 Å². The van der Waals surface area contributed by atoms with Gasteiger partial charge in [0.05, 0.1) is 5.69 Å². The molecule has 1 heterocycles. The van der Waals surface area contributed by atoms with E-state index in [-0.39, 0.29) is 11.6 Å². The Morgan fingerprint density at radius 3 is 2.45 bits per heavy atom. The van der Waals surface area contributed by atoms with Crippen LogP contribution in [0.1, 0.15) is 29.9 Å². The lowest BCUT2D eigenvalue weighted by Crippen LogP contribution is -2.06. The lowest BCUT2D eigenvalue weighted by molar-refractivity contribution is 0.0690. The molecule has 5 nitrogen and oxygen atoms in total. The number of carboxylic acids is 1. The van der Waals surface area contributed by atoms with Crippen LogP contribution in [0.5, 0.6) is 0 Å². The van der Waals surface area contributed by atoms with Crippen molar-refractivity contribution in [1.29, 1.82) is 0 Å². The van der Waals surface area contributed by atoms with Crippen molar-refractivity contribution < 1.29 is 9.90 Å². The number of nitrogens with two attached hydrogens (primary N) is 1. The molecule has 3 N–H and O–H groups in total. The number of aromatic carboxylic acids is 1. The highest BCUT2D eigenvalue weighted by Gasteiger charge is 2.10. The summed E-state index contributed by atoms with van der Waals surface area (Å²) in [5.41, 5.74) is 8.03. The van der Waals surface area contributed by atoms with Gasteiger partial charge in [0.1, 0.15) is 0 Å². The molecule has 0 bridgehead atoms. The van der Waals surface area contributed by atoms with E-state index < -0.39 is 5.97 Å². The van der Waals surface area contributed by atoms with Crippen molar-refractivity contribution in [2.45, 2.75) is 20.3 Å². The third-order valence-corrected chi connectivity index (χ3v) is 2.86. The second kappa shape index (κ2) is 5.69. The number of anilines is 1. The number of rotatable bonds is 4. The summed E-state index contributed by atoms with van der Waals surface area (Å²) in [6.45, 7) is 4.33. The minimum absolute atomic E-state index is 0.0360. The zero-order chi connectivity index (χ0) is 14.7. The molecule has 2 aromatic rings. The SMILES string of the molecule is CC(C)Cc1ccc(-c2cc(C(=O)O)nc(N)n2)cc1. The topological polar surface area (TPSA) is 89.1 Å². The summed E-state index contributed by atoms with van der Waals surface area (Å²) in [6.07, 6.45) is 1.01. The molecule has 0 spiro atoms. The van der Waals surface area contributed by atoms with Crippen molar-refractivity contribution in [3.8, 4) is 11.3 Å². The number of benzene rings is 1. The maximum absolute atomic E-state index is 11.0. The Balaban J connectivity index is 2.34. The number of nitrogen functional groups attached to an aromatic ring is 1. The van der Waals surface area contributed by atoms with E-state index in [1.54, 1.807) is 0 Å². The van der Waals surface area contributed by atoms with Gasteiger partial charge < -0.3 is 10.8 Å². The van der Waals surface area contributed by atoms with Crippen molar-refractivity contribution in [1.82, 2.24) is 9.97 Å². The number of carbonyl (C=O) groups is 1. The maximum Gasteiger partial charge on any atom is 0.354 e. The number of hydrogen-bond donors (Lipinski definition) is 2. The number of hydrogen-bond acceptors (Lipinski definition) is 4. The monoisotopic (exact) mass is 271 g/mol. The Hall–Kier alpha value is -2.43. The van der Waals surface area contributed by atoms with Crippen LogP contribution in [0.15, 0.2) is 30.3 Å². The molecule has 0 unspecified atom stereocenters. The Morgan fingerprint density at radius 1 is 1.25 bits per heavy atom. The summed E-state index contributed by atoms with van der Waals surface area (Å²) in [6, 6.07) is 9.31. The molecule has 2 rings (SSSR count). The molecule has 0 aliphatic heterocycles. The van der Waals surface area contributed by atoms with Gasteiger partial charge in [0.15, 0.2) is 5.69 Å². The minimum Gasteiger partial charge on any atom is -0.477 e. The molecule has 1 aromatic heterocycles. The predicted molar refractivity (Wildman–Crippen MR) is 77.4 cm³/mol. The van der Waals surface area contributed by atoms with E-state index in [1.165, 1.54) is 11.6 Å². The zero-order valence-corrected chi connectivity index (χ0v) is 11.5. The third kappa shape index (κ3) is 3.32. The average molecular weight is 271 g/mol. The quantitative estimate of drug-likeness (QED) is 0.892. The summed E-state index contributed by atoms with van der Waals surface area (Å²) in [5.74, 6) is -0.558. The molecule has 0 atom stereocenters. The van der Waals surface area contributed by atoms with Crippen LogP contribution in [-0.2, 0) is 6.42 Å². The lowest BCUT2D eigenvalue weighted by atomic mass is 10.0. The van der Waals surface area contributed by atoms with Crippen LogP contribution in [0.4, 0.5) is 5.95 Å². The molecular weight excluding hydrogens is 254 g/mol. The van der Waals surface area contributed by atoms with E-state index in [9.17, 15) is 4.79 Å². The van der Waals surface area contributed by atoms with Gasteiger partial charge in [-0.25, -0.2) is 14.8 Å². The first-order valence-electron chi connectivity index (χ1n) is 6.43. The van der Waals surface area contributed by atoms with E-state index in [4.69, 9.17) is 10.8 Å². The van der Waals surface area contributed by atoms with Crippen LogP contribution in [0.3, 0.4) is 0 Å². The Bertz CT molecular complexity index is 622. The Morgan fingerprint density at radius 2 is 1.90 bits per heavy atom. The molecule has 0 fully saturated rings. The second-order valence-corrected chi connectivity index (χ2v) is 5.10. The molecular formula is C15H17N3O2. The van der Waals surface area contributed by atoms with E-state index in [0.29, 0.717) is 11.6 Å². The fourth-order valence-electron chi connectivity index (χ4n) is 2.01. The van der Waals surface area contributed by atoms with Gasteiger partial charge in [-0.15, -0.1) is 0 Å². The van der Waals surface area contributed by atoms with Crippen molar-refractivity contribution in [3.05, 3.63) is 41.6 Å². The number of nitrogens with zero attached hydrogens (tertiary/aromatic N) is 2. The van der Waals surface area contributed by atoms with Gasteiger partial charge in [-0.1, -0.05) is 38.1 Å². The van der Waals surface area contributed by atoms with E-state index in [2.05, 4.69) is 23.8 Å². The number of carboxylic acid groups (broad SMARTS) is 1. The summed E-state index contributed by atoms with van der Waals surface area (Å²) in [7, 11) is 0. The average Bonchev–Trinajstić information content (AvgIpc) is 2.38. The first-order chi connectivity index (χ1) is 9.45. The predicted octanol–water partition coefficient (Wildman–Crippen LogP) is 2.62. The van der Waals surface area contributed by atoms with Gasteiger partial charge in [0.2, 0.25) is 5.95 Å². The highest BCUT2D eigenvalue weighted by Crippen LogP contribution is 2.20. The largest absolute Gasteiger partial charge is 0.477 e. The van der Waals surface area contributed by atoms with E-state index in [1.807, 2.05) is 24.3 Å². The first kappa shape index (κ1) is 14.0. The van der Waals surface area contributed by atoms with Crippen LogP contribution in [-0.4, -0.2) is 21.0 Å². The van der Waals surface area contributed by atoms with Crippen molar-refractivity contribution in [3.63, 3.8) is 0 Å². The van der Waals surface area contributed by atoms with Gasteiger partial charge in [-0.05, 0) is 24.0 Å². The highest BCUT2D eigenvalue weighted by molar-refractivity contribution is 5.87. The van der Waals surface area contributed by atoms with Gasteiger partial charge in [-0.3, -0.25) is 0 Å². The van der Waals surface area contributed by atoms with Crippen molar-refractivity contribution >= 4 is 11.9 Å². The van der Waals surface area contributed by atoms with Crippen LogP contribution in [0, 0.1) is 5.92 Å². The normalized spacial score (nSPS) is 10.8. The van der Waals surface area contributed by atoms with Crippen LogP contribution in [0.2, 0.25) is 0 Å². The molecule has 0 aliphatic rings. The fourth-order valence-corrected chi connectivity index (χ4v) is 2.01. The molecule has 0 aliphatic carbocycles. The molecule has 20 heavy (non-hydrogen) atoms.